The number of nitrogens with zero attached hydrogens (tertiary/aromatic N) is 3. The third-order valence-corrected chi connectivity index (χ3v) is 2.23. The highest BCUT2D eigenvalue weighted by molar-refractivity contribution is 5.54. The lowest BCUT2D eigenvalue weighted by atomic mass is 10.3. The number of halogens is 2. The summed E-state index contributed by atoms with van der Waals surface area (Å²) in [6, 6.07) is 3.51. The van der Waals surface area contributed by atoms with Crippen molar-refractivity contribution >= 4 is 0 Å². The highest BCUT2D eigenvalue weighted by Crippen LogP contribution is 2.17. The molecule has 2 rings (SSSR count). The van der Waals surface area contributed by atoms with Crippen molar-refractivity contribution in [2.75, 3.05) is 13.2 Å². The van der Waals surface area contributed by atoms with Crippen molar-refractivity contribution in [2.24, 2.45) is 0 Å². The molecule has 100 valence electrons. The molecule has 0 radical (unpaired) electrons. The van der Waals surface area contributed by atoms with Crippen LogP contribution in [0.25, 0.3) is 11.5 Å². The summed E-state index contributed by atoms with van der Waals surface area (Å²) in [6.45, 7) is -0.506. The number of aromatic amines is 1. The third-order valence-electron chi connectivity index (χ3n) is 2.23. The Bertz CT molecular complexity index is 573. The second kappa shape index (κ2) is 6.06. The van der Waals surface area contributed by atoms with Crippen LogP contribution in [-0.4, -0.2) is 34.8 Å². The summed E-state index contributed by atoms with van der Waals surface area (Å²) in [6.07, 6.45) is -0.625. The summed E-state index contributed by atoms with van der Waals surface area (Å²) in [5.74, 6) is 0.630. The molecule has 0 saturated heterocycles. The van der Waals surface area contributed by atoms with Crippen molar-refractivity contribution in [1.29, 1.82) is 5.26 Å². The van der Waals surface area contributed by atoms with Crippen molar-refractivity contribution in [3.05, 3.63) is 23.8 Å². The minimum absolute atomic E-state index is 0.0971. The molecule has 0 aliphatic heterocycles. The number of H-pyrrole nitrogens is 1. The maximum absolute atomic E-state index is 11.8. The van der Waals surface area contributed by atoms with Crippen LogP contribution in [0.1, 0.15) is 11.5 Å². The molecule has 2 aromatic heterocycles. The molecule has 0 aromatic carbocycles. The van der Waals surface area contributed by atoms with Gasteiger partial charge < -0.3 is 14.2 Å². The smallest absolute Gasteiger partial charge is 0.261 e. The molecule has 0 spiro atoms. The highest BCUT2D eigenvalue weighted by Gasteiger charge is 2.11. The first kappa shape index (κ1) is 13.2. The molecule has 0 aliphatic carbocycles. The maximum atomic E-state index is 11.8. The Balaban J connectivity index is 1.90. The van der Waals surface area contributed by atoms with Crippen LogP contribution in [-0.2, 0) is 11.2 Å². The SMILES string of the molecule is N#Cc1cc(-c2nc(CCOCC(F)F)no2)c[nH]1. The molecule has 2 heterocycles. The number of nitrogens with one attached hydrogen (secondary N) is 1. The maximum Gasteiger partial charge on any atom is 0.261 e. The van der Waals surface area contributed by atoms with E-state index in [-0.39, 0.29) is 18.9 Å². The molecule has 0 unspecified atom stereocenters. The average Bonchev–Trinajstić information content (AvgIpc) is 3.02. The fourth-order valence-corrected chi connectivity index (χ4v) is 1.39. The monoisotopic (exact) mass is 268 g/mol. The largest absolute Gasteiger partial charge is 0.375 e. The van der Waals surface area contributed by atoms with Crippen molar-refractivity contribution in [2.45, 2.75) is 12.8 Å². The van der Waals surface area contributed by atoms with Crippen LogP contribution in [0.2, 0.25) is 0 Å². The Hall–Kier alpha value is -2.27. The van der Waals surface area contributed by atoms with E-state index in [4.69, 9.17) is 14.5 Å². The molecule has 2 aromatic rings. The first-order chi connectivity index (χ1) is 9.19. The fraction of sp³-hybridized carbons (Fsp3) is 0.364. The van der Waals surface area contributed by atoms with Crippen LogP contribution in [0.15, 0.2) is 16.8 Å². The summed E-state index contributed by atoms with van der Waals surface area (Å²) in [4.78, 5) is 6.80. The average molecular weight is 268 g/mol. The standard InChI is InChI=1S/C11H10F2N4O2/c12-9(13)6-18-2-1-10-16-11(19-17-10)7-3-8(4-14)15-5-7/h3,5,9,15H,1-2,6H2. The molecule has 0 fully saturated rings. The van der Waals surface area contributed by atoms with Crippen LogP contribution < -0.4 is 0 Å². The molecule has 6 nitrogen and oxygen atoms in total. The van der Waals surface area contributed by atoms with Gasteiger partial charge in [0.05, 0.1) is 12.2 Å². The Kier molecular flexibility index (Phi) is 4.20. The van der Waals surface area contributed by atoms with Gasteiger partial charge in [-0.05, 0) is 6.07 Å². The third kappa shape index (κ3) is 3.59. The van der Waals surface area contributed by atoms with E-state index in [9.17, 15) is 8.78 Å². The molecule has 0 aliphatic rings. The van der Waals surface area contributed by atoms with Crippen LogP contribution in [0.5, 0.6) is 0 Å². The van der Waals surface area contributed by atoms with E-state index in [0.29, 0.717) is 17.1 Å². The van der Waals surface area contributed by atoms with Gasteiger partial charge in [-0.15, -0.1) is 0 Å². The molecule has 19 heavy (non-hydrogen) atoms. The molecule has 0 atom stereocenters. The van der Waals surface area contributed by atoms with Gasteiger partial charge in [-0.25, -0.2) is 8.78 Å². The predicted octanol–water partition coefficient (Wildman–Crippen LogP) is 1.76. The van der Waals surface area contributed by atoms with Crippen LogP contribution >= 0.6 is 0 Å². The van der Waals surface area contributed by atoms with Gasteiger partial charge in [-0.2, -0.15) is 10.2 Å². The zero-order valence-corrected chi connectivity index (χ0v) is 9.77. The van der Waals surface area contributed by atoms with Gasteiger partial charge in [0, 0.05) is 12.6 Å². The van der Waals surface area contributed by atoms with Crippen LogP contribution in [0, 0.1) is 11.3 Å². The highest BCUT2D eigenvalue weighted by atomic mass is 19.3. The lowest BCUT2D eigenvalue weighted by Gasteiger charge is -1.99. The van der Waals surface area contributed by atoms with Gasteiger partial charge >= 0.3 is 0 Å². The zero-order chi connectivity index (χ0) is 13.7. The number of ether oxygens (including phenoxy) is 1. The number of alkyl halides is 2. The number of nitriles is 1. The van der Waals surface area contributed by atoms with Gasteiger partial charge in [-0.1, -0.05) is 5.16 Å². The number of aromatic nitrogens is 3. The van der Waals surface area contributed by atoms with E-state index < -0.39 is 13.0 Å². The minimum atomic E-state index is -2.48. The minimum Gasteiger partial charge on any atom is -0.375 e. The van der Waals surface area contributed by atoms with Crippen molar-refractivity contribution in [3.8, 4) is 17.5 Å². The van der Waals surface area contributed by atoms with E-state index in [1.165, 1.54) is 0 Å². The summed E-state index contributed by atoms with van der Waals surface area (Å²) in [5, 5.41) is 12.4. The Morgan fingerprint density at radius 3 is 3.05 bits per heavy atom. The van der Waals surface area contributed by atoms with Crippen LogP contribution in [0.3, 0.4) is 0 Å². The molecular formula is C11H10F2N4O2. The summed E-state index contributed by atoms with van der Waals surface area (Å²) in [5.41, 5.74) is 0.985. The number of hydrogen-bond acceptors (Lipinski definition) is 5. The van der Waals surface area contributed by atoms with E-state index in [2.05, 4.69) is 15.1 Å². The summed E-state index contributed by atoms with van der Waals surface area (Å²) >= 11 is 0. The van der Waals surface area contributed by atoms with E-state index in [0.717, 1.165) is 0 Å². The molecule has 8 heteroatoms. The van der Waals surface area contributed by atoms with Crippen LogP contribution in [0.4, 0.5) is 8.78 Å². The number of rotatable bonds is 6. The zero-order valence-electron chi connectivity index (χ0n) is 9.77. The lowest BCUT2D eigenvalue weighted by molar-refractivity contribution is 0.0182. The van der Waals surface area contributed by atoms with Gasteiger partial charge in [0.1, 0.15) is 18.4 Å². The Morgan fingerprint density at radius 2 is 2.37 bits per heavy atom. The van der Waals surface area contributed by atoms with Gasteiger partial charge in [-0.3, -0.25) is 0 Å². The second-order valence-corrected chi connectivity index (χ2v) is 3.65. The second-order valence-electron chi connectivity index (χ2n) is 3.65. The van der Waals surface area contributed by atoms with Crippen molar-refractivity contribution < 1.29 is 18.0 Å². The van der Waals surface area contributed by atoms with E-state index in [1.54, 1.807) is 12.3 Å². The number of hydrogen-bond donors (Lipinski definition) is 1. The van der Waals surface area contributed by atoms with E-state index in [1.807, 2.05) is 6.07 Å². The van der Waals surface area contributed by atoms with Crippen molar-refractivity contribution in [1.82, 2.24) is 15.1 Å². The fourth-order valence-electron chi connectivity index (χ4n) is 1.39. The Morgan fingerprint density at radius 1 is 1.53 bits per heavy atom. The Labute approximate surface area is 107 Å². The summed E-state index contributed by atoms with van der Waals surface area (Å²) in [7, 11) is 0. The van der Waals surface area contributed by atoms with Crippen molar-refractivity contribution in [3.63, 3.8) is 0 Å². The quantitative estimate of drug-likeness (QED) is 0.806. The normalized spacial score (nSPS) is 10.8. The first-order valence-corrected chi connectivity index (χ1v) is 5.46. The molecule has 1 N–H and O–H groups in total. The molecule has 0 saturated carbocycles. The van der Waals surface area contributed by atoms with Gasteiger partial charge in [0.25, 0.3) is 12.3 Å². The first-order valence-electron chi connectivity index (χ1n) is 5.46. The predicted molar refractivity (Wildman–Crippen MR) is 59.3 cm³/mol. The van der Waals surface area contributed by atoms with Gasteiger partial charge in [0.15, 0.2) is 5.82 Å². The van der Waals surface area contributed by atoms with E-state index >= 15 is 0 Å². The molecule has 0 bridgehead atoms. The molecule has 0 amide bonds. The summed E-state index contributed by atoms with van der Waals surface area (Å²) < 4.78 is 33.3. The lowest BCUT2D eigenvalue weighted by Crippen LogP contribution is -2.07. The molecular weight excluding hydrogens is 258 g/mol. The van der Waals surface area contributed by atoms with Gasteiger partial charge in [0.2, 0.25) is 0 Å². The topological polar surface area (TPSA) is 87.7 Å².